The Labute approximate surface area is 196 Å². The number of benzene rings is 3. The molecule has 0 spiro atoms. The minimum absolute atomic E-state index is 0.0967. The number of hydrogen-bond donors (Lipinski definition) is 0. The van der Waals surface area contributed by atoms with Gasteiger partial charge in [-0.05, 0) is 54.8 Å². The van der Waals surface area contributed by atoms with Gasteiger partial charge in [-0.15, -0.1) is 0 Å². The number of aryl methyl sites for hydroxylation is 1. The summed E-state index contributed by atoms with van der Waals surface area (Å²) in [5.74, 6) is -0.433. The van der Waals surface area contributed by atoms with Gasteiger partial charge < -0.3 is 0 Å². The molecule has 5 rings (SSSR count). The van der Waals surface area contributed by atoms with Crippen LogP contribution in [0.4, 0.5) is 0 Å². The highest BCUT2D eigenvalue weighted by molar-refractivity contribution is 9.10. The Morgan fingerprint density at radius 3 is 2.31 bits per heavy atom. The van der Waals surface area contributed by atoms with Crippen molar-refractivity contribution in [1.82, 2.24) is 4.40 Å². The lowest BCUT2D eigenvalue weighted by Gasteiger charge is -2.04. The smallest absolute Gasteiger partial charge is 0.279 e. The van der Waals surface area contributed by atoms with E-state index in [0.717, 1.165) is 26.3 Å². The number of halogens is 1. The molecule has 0 atom stereocenters. The van der Waals surface area contributed by atoms with E-state index in [2.05, 4.69) is 20.9 Å². The van der Waals surface area contributed by atoms with E-state index in [1.165, 1.54) is 11.3 Å². The van der Waals surface area contributed by atoms with Gasteiger partial charge in [0, 0.05) is 27.2 Å². The number of carbonyl (C=O) groups is 2. The van der Waals surface area contributed by atoms with Crippen molar-refractivity contribution in [3.8, 4) is 0 Å². The zero-order chi connectivity index (χ0) is 22.2. The van der Waals surface area contributed by atoms with Crippen LogP contribution < -0.4 is 4.80 Å². The van der Waals surface area contributed by atoms with Crippen molar-refractivity contribution in [1.29, 1.82) is 0 Å². The van der Waals surface area contributed by atoms with Crippen molar-refractivity contribution < 1.29 is 9.59 Å². The maximum absolute atomic E-state index is 13.5. The van der Waals surface area contributed by atoms with Gasteiger partial charge >= 0.3 is 0 Å². The monoisotopic (exact) mass is 500 g/mol. The van der Waals surface area contributed by atoms with Gasteiger partial charge in [0.05, 0.1) is 5.52 Å². The van der Waals surface area contributed by atoms with E-state index in [9.17, 15) is 9.59 Å². The van der Waals surface area contributed by atoms with Crippen LogP contribution in [0.25, 0.3) is 16.3 Å². The third kappa shape index (κ3) is 3.72. The summed E-state index contributed by atoms with van der Waals surface area (Å²) < 4.78 is 2.75. The Morgan fingerprint density at radius 2 is 1.56 bits per heavy atom. The molecule has 6 heteroatoms. The minimum atomic E-state index is -0.337. The molecule has 2 aromatic heterocycles. The summed E-state index contributed by atoms with van der Waals surface area (Å²) in [5, 5.41) is 1.96. The third-order valence-electron chi connectivity index (χ3n) is 5.28. The van der Waals surface area contributed by atoms with Crippen molar-refractivity contribution >= 4 is 55.2 Å². The highest BCUT2D eigenvalue weighted by atomic mass is 79.9. The van der Waals surface area contributed by atoms with Gasteiger partial charge in [-0.25, -0.2) is 0 Å². The van der Waals surface area contributed by atoms with Crippen molar-refractivity contribution in [2.24, 2.45) is 4.99 Å². The number of fused-ring (bicyclic) bond motifs is 3. The van der Waals surface area contributed by atoms with Gasteiger partial charge in [0.25, 0.3) is 5.91 Å². The molecule has 0 saturated carbocycles. The second-order valence-corrected chi connectivity index (χ2v) is 9.35. The summed E-state index contributed by atoms with van der Waals surface area (Å²) in [5.41, 5.74) is 2.93. The molecule has 0 unspecified atom stereocenters. The van der Waals surface area contributed by atoms with Gasteiger partial charge in [-0.1, -0.05) is 69.2 Å². The predicted molar refractivity (Wildman–Crippen MR) is 131 cm³/mol. The lowest BCUT2D eigenvalue weighted by Crippen LogP contribution is -2.10. The van der Waals surface area contributed by atoms with Crippen molar-refractivity contribution in [2.75, 3.05) is 0 Å². The molecule has 4 nitrogen and oxygen atoms in total. The molecule has 0 aliphatic rings. The molecule has 0 bridgehead atoms. The minimum Gasteiger partial charge on any atom is -0.291 e. The zero-order valence-corrected chi connectivity index (χ0v) is 19.5. The van der Waals surface area contributed by atoms with Crippen LogP contribution in [-0.4, -0.2) is 16.1 Å². The molecule has 32 heavy (non-hydrogen) atoms. The van der Waals surface area contributed by atoms with Crippen LogP contribution in [0.1, 0.15) is 31.2 Å². The van der Waals surface area contributed by atoms with Gasteiger partial charge in [0.2, 0.25) is 5.78 Å². The molecule has 0 aliphatic carbocycles. The topological polar surface area (TPSA) is 50.9 Å². The Hall–Kier alpha value is -3.35. The molecule has 0 fully saturated rings. The fraction of sp³-hybridized carbons (Fsp3) is 0.0385. The first kappa shape index (κ1) is 20.5. The molecule has 0 saturated heterocycles. The number of rotatable bonds is 3. The van der Waals surface area contributed by atoms with Gasteiger partial charge in [-0.3, -0.25) is 14.0 Å². The van der Waals surface area contributed by atoms with Crippen LogP contribution in [-0.2, 0) is 0 Å². The first-order chi connectivity index (χ1) is 15.5. The number of carbonyl (C=O) groups excluding carboxylic acids is 2. The molecule has 0 aliphatic heterocycles. The Morgan fingerprint density at radius 1 is 0.875 bits per heavy atom. The second kappa shape index (κ2) is 8.30. The van der Waals surface area contributed by atoms with Crippen LogP contribution in [0.5, 0.6) is 0 Å². The van der Waals surface area contributed by atoms with Crippen molar-refractivity contribution in [3.05, 3.63) is 116 Å². The summed E-state index contributed by atoms with van der Waals surface area (Å²) in [6, 6.07) is 24.5. The molecule has 5 aromatic rings. The van der Waals surface area contributed by atoms with Gasteiger partial charge in [0.1, 0.15) is 4.88 Å². The summed E-state index contributed by atoms with van der Waals surface area (Å²) >= 11 is 4.65. The number of aromatic nitrogens is 1. The highest BCUT2D eigenvalue weighted by Crippen LogP contribution is 2.27. The molecular formula is C26H17BrN2O2S. The lowest BCUT2D eigenvalue weighted by atomic mass is 10.1. The molecule has 0 radical (unpaired) electrons. The van der Waals surface area contributed by atoms with E-state index in [0.29, 0.717) is 20.8 Å². The standard InChI is InChI=1S/C26H17BrN2O2S/c1-16-6-8-19(9-7-16)25(31)28-26-29-15-14-17-4-2-3-5-21(17)22(29)24(32-26)23(30)18-10-12-20(27)13-11-18/h2-15H,1H3. The number of thiazole rings is 1. The maximum atomic E-state index is 13.5. The van der Waals surface area contributed by atoms with Crippen LogP contribution in [0.15, 0.2) is 94.5 Å². The first-order valence-corrected chi connectivity index (χ1v) is 11.6. The van der Waals surface area contributed by atoms with Crippen LogP contribution >= 0.6 is 27.3 Å². The fourth-order valence-corrected chi connectivity index (χ4v) is 4.95. The molecular weight excluding hydrogens is 484 g/mol. The second-order valence-electron chi connectivity index (χ2n) is 7.45. The molecule has 3 aromatic carbocycles. The van der Waals surface area contributed by atoms with E-state index in [4.69, 9.17) is 0 Å². The normalized spacial score (nSPS) is 11.9. The van der Waals surface area contributed by atoms with Crippen LogP contribution in [0.3, 0.4) is 0 Å². The lowest BCUT2D eigenvalue weighted by molar-refractivity contribution is 0.0996. The summed E-state index contributed by atoms with van der Waals surface area (Å²) in [7, 11) is 0. The van der Waals surface area contributed by atoms with Gasteiger partial charge in [-0.2, -0.15) is 4.99 Å². The SMILES string of the molecule is Cc1ccc(C(=O)N=c2sc(C(=O)c3ccc(Br)cc3)c3c4ccccc4ccn23)cc1. The first-order valence-electron chi connectivity index (χ1n) is 10.0. The Kier molecular flexibility index (Phi) is 5.33. The van der Waals surface area contributed by atoms with Crippen LogP contribution in [0, 0.1) is 6.92 Å². The van der Waals surface area contributed by atoms with Crippen molar-refractivity contribution in [2.45, 2.75) is 6.92 Å². The molecule has 156 valence electrons. The number of nitrogens with zero attached hydrogens (tertiary/aromatic N) is 2. The van der Waals surface area contributed by atoms with Gasteiger partial charge in [0.15, 0.2) is 4.80 Å². The Bertz CT molecular complexity index is 1560. The number of pyridine rings is 1. The largest absolute Gasteiger partial charge is 0.291 e. The van der Waals surface area contributed by atoms with E-state index < -0.39 is 0 Å². The Balaban J connectivity index is 1.75. The summed E-state index contributed by atoms with van der Waals surface area (Å²) in [4.78, 5) is 31.7. The number of ketones is 1. The molecule has 1 amide bonds. The van der Waals surface area contributed by atoms with E-state index in [-0.39, 0.29) is 11.7 Å². The molecule has 0 N–H and O–H groups in total. The predicted octanol–water partition coefficient (Wildman–Crippen LogP) is 6.20. The van der Waals surface area contributed by atoms with Crippen LogP contribution in [0.2, 0.25) is 0 Å². The molecule has 2 heterocycles. The summed E-state index contributed by atoms with van der Waals surface area (Å²) in [6.07, 6.45) is 1.87. The average Bonchev–Trinajstić information content (AvgIpc) is 3.18. The quantitative estimate of drug-likeness (QED) is 0.277. The zero-order valence-electron chi connectivity index (χ0n) is 17.1. The number of hydrogen-bond acceptors (Lipinski definition) is 3. The summed E-state index contributed by atoms with van der Waals surface area (Å²) in [6.45, 7) is 1.97. The third-order valence-corrected chi connectivity index (χ3v) is 6.86. The number of amides is 1. The van der Waals surface area contributed by atoms with Crippen molar-refractivity contribution in [3.63, 3.8) is 0 Å². The van der Waals surface area contributed by atoms with E-state index in [1.54, 1.807) is 24.3 Å². The van der Waals surface area contributed by atoms with E-state index in [1.807, 2.05) is 72.1 Å². The maximum Gasteiger partial charge on any atom is 0.279 e. The average molecular weight is 501 g/mol. The van der Waals surface area contributed by atoms with E-state index >= 15 is 0 Å². The highest BCUT2D eigenvalue weighted by Gasteiger charge is 2.19. The fourth-order valence-electron chi connectivity index (χ4n) is 3.61.